The Morgan fingerprint density at radius 3 is 2.70 bits per heavy atom. The minimum atomic E-state index is -0.844. The fraction of sp³-hybridized carbons (Fsp3) is 0.429. The third-order valence-corrected chi connectivity index (χ3v) is 4.70. The summed E-state index contributed by atoms with van der Waals surface area (Å²) in [5, 5.41) is 9.61. The highest BCUT2D eigenvalue weighted by Crippen LogP contribution is 2.26. The van der Waals surface area contributed by atoms with Crippen molar-refractivity contribution in [1.82, 2.24) is 4.90 Å². The Hall–Kier alpha value is -1.07. The summed E-state index contributed by atoms with van der Waals surface area (Å²) < 4.78 is 0.728. The summed E-state index contributed by atoms with van der Waals surface area (Å²) in [7, 11) is 0. The summed E-state index contributed by atoms with van der Waals surface area (Å²) in [6, 6.07) is 5.01. The highest BCUT2D eigenvalue weighted by atomic mass is 79.9. The molecule has 1 N–H and O–H groups in total. The van der Waals surface area contributed by atoms with Crippen molar-refractivity contribution in [2.24, 2.45) is 11.8 Å². The monoisotopic (exact) mass is 359 g/mol. The van der Waals surface area contributed by atoms with Gasteiger partial charge in [-0.1, -0.05) is 18.5 Å². The number of rotatable bonds is 2. The molecule has 0 aliphatic carbocycles. The van der Waals surface area contributed by atoms with Crippen LogP contribution in [0.1, 0.15) is 23.7 Å². The lowest BCUT2D eigenvalue weighted by atomic mass is 9.90. The van der Waals surface area contributed by atoms with Gasteiger partial charge in [0.25, 0.3) is 5.91 Å². The number of halogens is 2. The fourth-order valence-corrected chi connectivity index (χ4v) is 2.94. The number of likely N-dealkylation sites (tertiary alicyclic amines) is 1. The van der Waals surface area contributed by atoms with E-state index in [1.54, 1.807) is 23.1 Å². The Labute approximate surface area is 130 Å². The average Bonchev–Trinajstić information content (AvgIpc) is 2.40. The van der Waals surface area contributed by atoms with Crippen LogP contribution in [0, 0.1) is 11.8 Å². The molecular weight excluding hydrogens is 346 g/mol. The SMILES string of the molecule is CC1CC(C(=O)O)CN(C(=O)c2ccc(Br)c(Cl)c2)C1. The Kier molecular flexibility index (Phi) is 4.70. The highest BCUT2D eigenvalue weighted by molar-refractivity contribution is 9.10. The van der Waals surface area contributed by atoms with Gasteiger partial charge in [0.2, 0.25) is 0 Å². The summed E-state index contributed by atoms with van der Waals surface area (Å²) in [5.74, 6) is -1.33. The van der Waals surface area contributed by atoms with E-state index < -0.39 is 11.9 Å². The fourth-order valence-electron chi connectivity index (χ4n) is 2.51. The second-order valence-corrected chi connectivity index (χ2v) is 6.48. The zero-order chi connectivity index (χ0) is 14.9. The summed E-state index contributed by atoms with van der Waals surface area (Å²) in [6.07, 6.45) is 0.611. The zero-order valence-corrected chi connectivity index (χ0v) is 13.3. The van der Waals surface area contributed by atoms with Gasteiger partial charge in [-0.3, -0.25) is 9.59 Å². The molecule has 0 radical (unpaired) electrons. The average molecular weight is 361 g/mol. The lowest BCUT2D eigenvalue weighted by Gasteiger charge is -2.34. The first kappa shape index (κ1) is 15.3. The van der Waals surface area contributed by atoms with Crippen LogP contribution in [0.5, 0.6) is 0 Å². The minimum absolute atomic E-state index is 0.169. The first-order chi connectivity index (χ1) is 9.38. The van der Waals surface area contributed by atoms with Crippen LogP contribution in [0.15, 0.2) is 22.7 Å². The molecule has 1 saturated heterocycles. The van der Waals surface area contributed by atoms with Gasteiger partial charge in [0.05, 0.1) is 10.9 Å². The number of benzene rings is 1. The molecule has 2 rings (SSSR count). The van der Waals surface area contributed by atoms with Crippen LogP contribution < -0.4 is 0 Å². The number of carboxylic acids is 1. The molecule has 4 nitrogen and oxygen atoms in total. The quantitative estimate of drug-likeness (QED) is 0.880. The maximum atomic E-state index is 12.4. The van der Waals surface area contributed by atoms with E-state index in [1.165, 1.54) is 0 Å². The van der Waals surface area contributed by atoms with Crippen LogP contribution >= 0.6 is 27.5 Å². The van der Waals surface area contributed by atoms with Crippen molar-refractivity contribution in [1.29, 1.82) is 0 Å². The minimum Gasteiger partial charge on any atom is -0.481 e. The predicted octanol–water partition coefficient (Wildman–Crippen LogP) is 3.29. The molecule has 20 heavy (non-hydrogen) atoms. The molecule has 0 bridgehead atoms. The van der Waals surface area contributed by atoms with Gasteiger partial charge in [-0.2, -0.15) is 0 Å². The van der Waals surface area contributed by atoms with Gasteiger partial charge in [-0.25, -0.2) is 0 Å². The molecule has 6 heteroatoms. The van der Waals surface area contributed by atoms with E-state index in [0.717, 1.165) is 4.47 Å². The first-order valence-electron chi connectivity index (χ1n) is 6.35. The van der Waals surface area contributed by atoms with Gasteiger partial charge in [0, 0.05) is 23.1 Å². The van der Waals surface area contributed by atoms with E-state index in [2.05, 4.69) is 15.9 Å². The number of hydrogen-bond donors (Lipinski definition) is 1. The van der Waals surface area contributed by atoms with E-state index in [4.69, 9.17) is 16.7 Å². The lowest BCUT2D eigenvalue weighted by molar-refractivity contribution is -0.143. The molecule has 1 aromatic rings. The molecule has 1 fully saturated rings. The maximum Gasteiger partial charge on any atom is 0.308 e. The van der Waals surface area contributed by atoms with Crippen molar-refractivity contribution in [2.45, 2.75) is 13.3 Å². The number of nitrogens with zero attached hydrogens (tertiary/aromatic N) is 1. The molecule has 1 amide bonds. The van der Waals surface area contributed by atoms with Crippen LogP contribution in [0.3, 0.4) is 0 Å². The van der Waals surface area contributed by atoms with Gasteiger partial charge in [0.1, 0.15) is 0 Å². The largest absolute Gasteiger partial charge is 0.481 e. The number of carbonyl (C=O) groups excluding carboxylic acids is 1. The Balaban J connectivity index is 2.19. The molecule has 2 unspecified atom stereocenters. The molecule has 1 aliphatic rings. The van der Waals surface area contributed by atoms with Crippen LogP contribution in [0.2, 0.25) is 5.02 Å². The van der Waals surface area contributed by atoms with Crippen LogP contribution in [0.4, 0.5) is 0 Å². The van der Waals surface area contributed by atoms with E-state index in [0.29, 0.717) is 23.6 Å². The summed E-state index contributed by atoms with van der Waals surface area (Å²) in [6.45, 7) is 2.80. The number of amides is 1. The predicted molar refractivity (Wildman–Crippen MR) is 80.0 cm³/mol. The van der Waals surface area contributed by atoms with E-state index in [9.17, 15) is 9.59 Å². The van der Waals surface area contributed by atoms with Crippen molar-refractivity contribution >= 4 is 39.4 Å². The van der Waals surface area contributed by atoms with Crippen molar-refractivity contribution in [3.63, 3.8) is 0 Å². The molecule has 0 spiro atoms. The van der Waals surface area contributed by atoms with E-state index >= 15 is 0 Å². The molecule has 0 aromatic heterocycles. The van der Waals surface area contributed by atoms with Crippen molar-refractivity contribution < 1.29 is 14.7 Å². The van der Waals surface area contributed by atoms with Crippen LogP contribution in [-0.4, -0.2) is 35.0 Å². The maximum absolute atomic E-state index is 12.4. The van der Waals surface area contributed by atoms with Crippen molar-refractivity contribution in [2.75, 3.05) is 13.1 Å². The molecule has 108 valence electrons. The third-order valence-electron chi connectivity index (χ3n) is 3.46. The van der Waals surface area contributed by atoms with Crippen molar-refractivity contribution in [3.05, 3.63) is 33.3 Å². The van der Waals surface area contributed by atoms with Crippen LogP contribution in [0.25, 0.3) is 0 Å². The summed E-state index contributed by atoms with van der Waals surface area (Å²) >= 11 is 9.27. The van der Waals surface area contributed by atoms with Gasteiger partial charge in [0.15, 0.2) is 0 Å². The third kappa shape index (κ3) is 3.33. The molecule has 0 saturated carbocycles. The second-order valence-electron chi connectivity index (χ2n) is 5.22. The molecule has 1 heterocycles. The standard InChI is InChI=1S/C14H15BrClNO3/c1-8-4-10(14(19)20)7-17(6-8)13(18)9-2-3-11(15)12(16)5-9/h2-3,5,8,10H,4,6-7H2,1H3,(H,19,20). The van der Waals surface area contributed by atoms with E-state index in [-0.39, 0.29) is 18.4 Å². The second kappa shape index (κ2) is 6.14. The molecule has 2 atom stereocenters. The Morgan fingerprint density at radius 1 is 1.40 bits per heavy atom. The zero-order valence-electron chi connectivity index (χ0n) is 11.0. The Morgan fingerprint density at radius 2 is 2.10 bits per heavy atom. The molecule has 1 aliphatic heterocycles. The first-order valence-corrected chi connectivity index (χ1v) is 7.52. The number of piperidine rings is 1. The number of carboxylic acid groups (broad SMARTS) is 1. The van der Waals surface area contributed by atoms with Gasteiger partial charge >= 0.3 is 5.97 Å². The van der Waals surface area contributed by atoms with Gasteiger partial charge in [-0.05, 0) is 46.5 Å². The van der Waals surface area contributed by atoms with Gasteiger partial charge in [-0.15, -0.1) is 0 Å². The summed E-state index contributed by atoms with van der Waals surface area (Å²) in [5.41, 5.74) is 0.483. The van der Waals surface area contributed by atoms with Gasteiger partial charge < -0.3 is 10.0 Å². The lowest BCUT2D eigenvalue weighted by Crippen LogP contribution is -2.45. The number of aliphatic carboxylic acids is 1. The van der Waals surface area contributed by atoms with E-state index in [1.807, 2.05) is 6.92 Å². The highest BCUT2D eigenvalue weighted by Gasteiger charge is 2.32. The molecule has 1 aromatic carbocycles. The summed E-state index contributed by atoms with van der Waals surface area (Å²) in [4.78, 5) is 25.2. The number of carbonyl (C=O) groups is 2. The van der Waals surface area contributed by atoms with Crippen LogP contribution in [-0.2, 0) is 4.79 Å². The number of hydrogen-bond acceptors (Lipinski definition) is 2. The van der Waals surface area contributed by atoms with Crippen molar-refractivity contribution in [3.8, 4) is 0 Å². The topological polar surface area (TPSA) is 57.6 Å². The normalized spacial score (nSPS) is 22.6. The Bertz CT molecular complexity index is 549. The smallest absolute Gasteiger partial charge is 0.308 e. The molecular formula is C14H15BrClNO3.